The van der Waals surface area contributed by atoms with E-state index in [4.69, 9.17) is 5.73 Å². The predicted molar refractivity (Wildman–Crippen MR) is 78.7 cm³/mol. The Morgan fingerprint density at radius 3 is 3.05 bits per heavy atom. The van der Waals surface area contributed by atoms with Crippen molar-refractivity contribution in [2.75, 3.05) is 6.54 Å². The predicted octanol–water partition coefficient (Wildman–Crippen LogP) is 0.249. The Bertz CT molecular complexity index is 897. The topological polar surface area (TPSA) is 78.2 Å². The summed E-state index contributed by atoms with van der Waals surface area (Å²) < 4.78 is 2.87. The van der Waals surface area contributed by atoms with Gasteiger partial charge in [0, 0.05) is 18.0 Å². The molecule has 6 heteroatoms. The van der Waals surface area contributed by atoms with Crippen LogP contribution in [0.5, 0.6) is 0 Å². The van der Waals surface area contributed by atoms with Crippen LogP contribution in [0.1, 0.15) is 11.1 Å². The Kier molecular flexibility index (Phi) is 3.50. The lowest BCUT2D eigenvalue weighted by atomic mass is 10.1. The van der Waals surface area contributed by atoms with Gasteiger partial charge in [0.2, 0.25) is 0 Å². The number of fused-ring (bicyclic) bond motifs is 1. The molecule has 0 aliphatic heterocycles. The van der Waals surface area contributed by atoms with Gasteiger partial charge in [-0.15, -0.1) is 5.10 Å². The Morgan fingerprint density at radius 1 is 1.33 bits per heavy atom. The van der Waals surface area contributed by atoms with E-state index in [1.807, 2.05) is 24.3 Å². The molecule has 1 aromatic carbocycles. The minimum atomic E-state index is -0.189. The summed E-state index contributed by atoms with van der Waals surface area (Å²) in [5, 5.41) is 4.25. The molecule has 0 spiro atoms. The molecule has 0 amide bonds. The van der Waals surface area contributed by atoms with Crippen LogP contribution in [0, 0.1) is 11.8 Å². The molecule has 0 radical (unpaired) electrons. The third-order valence-corrected chi connectivity index (χ3v) is 2.98. The monoisotopic (exact) mass is 279 g/mol. The second-order valence-corrected chi connectivity index (χ2v) is 4.45. The molecule has 104 valence electrons. The van der Waals surface area contributed by atoms with Crippen LogP contribution in [0.2, 0.25) is 0 Å². The number of benzene rings is 1. The Hall–Kier alpha value is -2.91. The maximum absolute atomic E-state index is 12.2. The highest BCUT2D eigenvalue weighted by Crippen LogP contribution is 2.05. The van der Waals surface area contributed by atoms with E-state index in [1.54, 1.807) is 18.6 Å². The van der Waals surface area contributed by atoms with Gasteiger partial charge in [0.05, 0.1) is 19.3 Å². The fourth-order valence-corrected chi connectivity index (χ4v) is 2.06. The fraction of sp³-hybridized carbons (Fsp3) is 0.133. The molecule has 0 saturated carbocycles. The van der Waals surface area contributed by atoms with Gasteiger partial charge in [-0.2, -0.15) is 0 Å². The standard InChI is InChI=1S/C15H13N5O/c16-6-2-5-12-3-1-4-13(9-12)11-20-15(21)19-8-7-17-10-14(19)18-20/h1,3-4,7-10H,6,11,16H2. The molecule has 0 aliphatic carbocycles. The van der Waals surface area contributed by atoms with E-state index in [1.165, 1.54) is 9.08 Å². The lowest BCUT2D eigenvalue weighted by molar-refractivity contribution is 0.658. The SMILES string of the molecule is NCC#Cc1cccc(Cn2nc3cnccn3c2=O)c1. The van der Waals surface area contributed by atoms with Crippen molar-refractivity contribution in [3.63, 3.8) is 0 Å². The van der Waals surface area contributed by atoms with Crippen molar-refractivity contribution in [1.29, 1.82) is 0 Å². The van der Waals surface area contributed by atoms with E-state index in [2.05, 4.69) is 21.9 Å². The average molecular weight is 279 g/mol. The van der Waals surface area contributed by atoms with Gasteiger partial charge in [-0.3, -0.25) is 4.98 Å². The van der Waals surface area contributed by atoms with Crippen LogP contribution < -0.4 is 11.4 Å². The third-order valence-electron chi connectivity index (χ3n) is 2.98. The van der Waals surface area contributed by atoms with E-state index in [9.17, 15) is 4.79 Å². The number of hydrogen-bond acceptors (Lipinski definition) is 4. The van der Waals surface area contributed by atoms with Crippen molar-refractivity contribution in [2.24, 2.45) is 5.73 Å². The fourth-order valence-electron chi connectivity index (χ4n) is 2.06. The summed E-state index contributed by atoms with van der Waals surface area (Å²) in [4.78, 5) is 16.1. The van der Waals surface area contributed by atoms with Crippen molar-refractivity contribution in [1.82, 2.24) is 19.2 Å². The van der Waals surface area contributed by atoms with Crippen LogP contribution in [0.25, 0.3) is 5.65 Å². The number of hydrogen-bond donors (Lipinski definition) is 1. The molecular formula is C15H13N5O. The molecule has 2 heterocycles. The first-order valence-electron chi connectivity index (χ1n) is 6.45. The molecule has 0 bridgehead atoms. The third kappa shape index (κ3) is 2.68. The van der Waals surface area contributed by atoms with Gasteiger partial charge in [-0.05, 0) is 17.7 Å². The molecule has 0 atom stereocenters. The van der Waals surface area contributed by atoms with Gasteiger partial charge >= 0.3 is 5.69 Å². The average Bonchev–Trinajstić information content (AvgIpc) is 2.82. The van der Waals surface area contributed by atoms with Crippen molar-refractivity contribution in [2.45, 2.75) is 6.54 Å². The first kappa shape index (κ1) is 13.1. The van der Waals surface area contributed by atoms with Crippen LogP contribution in [-0.2, 0) is 6.54 Å². The molecule has 2 N–H and O–H groups in total. The Labute approximate surface area is 120 Å². The lowest BCUT2D eigenvalue weighted by Gasteiger charge is -2.00. The van der Waals surface area contributed by atoms with Crippen molar-refractivity contribution in [3.05, 3.63) is 64.5 Å². The number of aromatic nitrogens is 4. The van der Waals surface area contributed by atoms with Gasteiger partial charge in [0.25, 0.3) is 0 Å². The molecular weight excluding hydrogens is 266 g/mol. The van der Waals surface area contributed by atoms with E-state index in [-0.39, 0.29) is 5.69 Å². The highest BCUT2D eigenvalue weighted by Gasteiger charge is 2.06. The summed E-state index contributed by atoms with van der Waals surface area (Å²) >= 11 is 0. The highest BCUT2D eigenvalue weighted by molar-refractivity contribution is 5.37. The van der Waals surface area contributed by atoms with Gasteiger partial charge in [-0.1, -0.05) is 24.0 Å². The summed E-state index contributed by atoms with van der Waals surface area (Å²) in [7, 11) is 0. The second kappa shape index (κ2) is 5.61. The zero-order chi connectivity index (χ0) is 14.7. The van der Waals surface area contributed by atoms with Gasteiger partial charge < -0.3 is 5.73 Å². The molecule has 0 saturated heterocycles. The van der Waals surface area contributed by atoms with Crippen molar-refractivity contribution < 1.29 is 0 Å². The highest BCUT2D eigenvalue weighted by atomic mass is 16.2. The summed E-state index contributed by atoms with van der Waals surface area (Å²) in [6.45, 7) is 0.710. The summed E-state index contributed by atoms with van der Waals surface area (Å²) in [6.07, 6.45) is 4.72. The van der Waals surface area contributed by atoms with Crippen molar-refractivity contribution in [3.8, 4) is 11.8 Å². The first-order valence-corrected chi connectivity index (χ1v) is 6.45. The normalized spacial score (nSPS) is 10.3. The Balaban J connectivity index is 1.95. The van der Waals surface area contributed by atoms with Crippen LogP contribution in [0.3, 0.4) is 0 Å². The zero-order valence-corrected chi connectivity index (χ0v) is 11.2. The molecule has 3 aromatic rings. The van der Waals surface area contributed by atoms with E-state index in [0.717, 1.165) is 11.1 Å². The summed E-state index contributed by atoms with van der Waals surface area (Å²) in [5.74, 6) is 5.78. The number of nitrogens with two attached hydrogens (primary N) is 1. The number of nitrogens with zero attached hydrogens (tertiary/aromatic N) is 4. The maximum Gasteiger partial charge on any atom is 0.350 e. The number of rotatable bonds is 2. The molecule has 0 unspecified atom stereocenters. The maximum atomic E-state index is 12.2. The summed E-state index contributed by atoms with van der Waals surface area (Å²) in [5.41, 5.74) is 7.53. The summed E-state index contributed by atoms with van der Waals surface area (Å²) in [6, 6.07) is 7.67. The van der Waals surface area contributed by atoms with Crippen LogP contribution >= 0.6 is 0 Å². The van der Waals surface area contributed by atoms with Gasteiger partial charge in [0.15, 0.2) is 5.65 Å². The van der Waals surface area contributed by atoms with Crippen LogP contribution in [0.4, 0.5) is 0 Å². The smallest absolute Gasteiger partial charge is 0.320 e. The molecule has 0 aliphatic rings. The van der Waals surface area contributed by atoms with Crippen molar-refractivity contribution >= 4 is 5.65 Å². The molecule has 3 rings (SSSR count). The minimum absolute atomic E-state index is 0.189. The van der Waals surface area contributed by atoms with E-state index < -0.39 is 0 Å². The van der Waals surface area contributed by atoms with Gasteiger partial charge in [0.1, 0.15) is 0 Å². The van der Waals surface area contributed by atoms with E-state index in [0.29, 0.717) is 18.7 Å². The molecule has 0 fully saturated rings. The Morgan fingerprint density at radius 2 is 2.24 bits per heavy atom. The first-order chi connectivity index (χ1) is 10.3. The second-order valence-electron chi connectivity index (χ2n) is 4.45. The van der Waals surface area contributed by atoms with Gasteiger partial charge in [-0.25, -0.2) is 13.9 Å². The van der Waals surface area contributed by atoms with Crippen LogP contribution in [-0.4, -0.2) is 25.7 Å². The largest absolute Gasteiger partial charge is 0.350 e. The molecule has 21 heavy (non-hydrogen) atoms. The quantitative estimate of drug-likeness (QED) is 0.682. The van der Waals surface area contributed by atoms with Crippen LogP contribution in [0.15, 0.2) is 47.7 Å². The zero-order valence-electron chi connectivity index (χ0n) is 11.2. The lowest BCUT2D eigenvalue weighted by Crippen LogP contribution is -2.21. The minimum Gasteiger partial charge on any atom is -0.320 e. The molecule has 2 aromatic heterocycles. The van der Waals surface area contributed by atoms with E-state index >= 15 is 0 Å². The molecule has 6 nitrogen and oxygen atoms in total.